The second-order valence-electron chi connectivity index (χ2n) is 6.37. The summed E-state index contributed by atoms with van der Waals surface area (Å²) >= 11 is 0. The van der Waals surface area contributed by atoms with Crippen LogP contribution in [0, 0.1) is 23.7 Å². The first-order chi connectivity index (χ1) is 10.6. The van der Waals surface area contributed by atoms with E-state index in [0.717, 1.165) is 37.0 Å². The number of ketones is 1. The van der Waals surface area contributed by atoms with Gasteiger partial charge >= 0.3 is 0 Å². The number of methoxy groups -OCH3 is 1. The Bertz CT molecular complexity index is 625. The molecule has 1 aromatic rings. The molecule has 0 radical (unpaired) electrons. The highest BCUT2D eigenvalue weighted by atomic mass is 16.5. The zero-order valence-electron chi connectivity index (χ0n) is 13.0. The highest BCUT2D eigenvalue weighted by molar-refractivity contribution is 5.82. The number of rotatable bonds is 1. The van der Waals surface area contributed by atoms with Crippen LogP contribution in [0.2, 0.25) is 0 Å². The van der Waals surface area contributed by atoms with Crippen molar-refractivity contribution < 1.29 is 14.6 Å². The van der Waals surface area contributed by atoms with Crippen molar-refractivity contribution >= 4 is 5.78 Å². The monoisotopic (exact) mass is 298 g/mol. The summed E-state index contributed by atoms with van der Waals surface area (Å²) < 4.78 is 5.20. The molecular weight excluding hydrogens is 276 g/mol. The molecule has 0 aliphatic heterocycles. The Balaban J connectivity index is 1.86. The number of hydrogen-bond acceptors (Lipinski definition) is 3. The molecule has 0 amide bonds. The van der Waals surface area contributed by atoms with Gasteiger partial charge in [0.05, 0.1) is 7.11 Å². The van der Waals surface area contributed by atoms with Gasteiger partial charge < -0.3 is 9.84 Å². The molecule has 0 saturated heterocycles. The summed E-state index contributed by atoms with van der Waals surface area (Å²) in [6, 6.07) is 7.53. The number of aliphatic hydroxyl groups is 1. The summed E-state index contributed by atoms with van der Waals surface area (Å²) in [5.74, 6) is 7.25. The molecule has 3 rings (SSSR count). The van der Waals surface area contributed by atoms with Gasteiger partial charge in [-0.15, -0.1) is 0 Å². The Morgan fingerprint density at radius 2 is 2.18 bits per heavy atom. The minimum Gasteiger partial charge on any atom is -0.497 e. The van der Waals surface area contributed by atoms with Gasteiger partial charge in [0.15, 0.2) is 0 Å². The van der Waals surface area contributed by atoms with Crippen LogP contribution in [0.1, 0.15) is 44.1 Å². The van der Waals surface area contributed by atoms with Gasteiger partial charge in [-0.2, -0.15) is 0 Å². The molecule has 1 aromatic carbocycles. The van der Waals surface area contributed by atoms with Gasteiger partial charge in [-0.05, 0) is 50.3 Å². The number of carbonyl (C=O) groups excluding carboxylic acids is 1. The van der Waals surface area contributed by atoms with E-state index < -0.39 is 5.60 Å². The van der Waals surface area contributed by atoms with Crippen molar-refractivity contribution in [3.05, 3.63) is 29.8 Å². The average molecular weight is 298 g/mol. The molecule has 2 fully saturated rings. The first-order valence-electron chi connectivity index (χ1n) is 8.05. The molecule has 0 aromatic heterocycles. The van der Waals surface area contributed by atoms with Crippen LogP contribution in [0.15, 0.2) is 24.3 Å². The second-order valence-corrected chi connectivity index (χ2v) is 6.37. The Morgan fingerprint density at radius 3 is 3.00 bits per heavy atom. The Labute approximate surface area is 131 Å². The van der Waals surface area contributed by atoms with E-state index in [2.05, 4.69) is 11.8 Å². The lowest BCUT2D eigenvalue weighted by Crippen LogP contribution is -2.48. The van der Waals surface area contributed by atoms with E-state index in [9.17, 15) is 9.90 Å². The van der Waals surface area contributed by atoms with Crippen LogP contribution in [0.25, 0.3) is 0 Å². The highest BCUT2D eigenvalue weighted by Crippen LogP contribution is 2.44. The lowest BCUT2D eigenvalue weighted by molar-refractivity contribution is -0.135. The molecule has 2 aliphatic carbocycles. The summed E-state index contributed by atoms with van der Waals surface area (Å²) in [5.41, 5.74) is -0.195. The van der Waals surface area contributed by atoms with Crippen LogP contribution in [0.3, 0.4) is 0 Å². The average Bonchev–Trinajstić information content (AvgIpc) is 2.55. The van der Waals surface area contributed by atoms with Gasteiger partial charge in [-0.25, -0.2) is 0 Å². The van der Waals surface area contributed by atoms with Crippen molar-refractivity contribution in [2.75, 3.05) is 7.11 Å². The number of fused-ring (bicyclic) bond motifs is 1. The Kier molecular flexibility index (Phi) is 4.22. The fourth-order valence-corrected chi connectivity index (χ4v) is 3.85. The minimum atomic E-state index is -1.03. The van der Waals surface area contributed by atoms with Gasteiger partial charge in [-0.1, -0.05) is 17.9 Å². The standard InChI is InChI=1S/C19H22O3/c1-22-15-6-2-5-14(13-15)10-12-19(21)11-4-7-16-17(19)8-3-9-18(16)20/h2,5-6,13,16-17,21H,3-4,7-9,11H2,1H3/t16-,17+,19-/m1/s1. The molecule has 2 aliphatic rings. The highest BCUT2D eigenvalue weighted by Gasteiger charge is 2.47. The van der Waals surface area contributed by atoms with E-state index >= 15 is 0 Å². The summed E-state index contributed by atoms with van der Waals surface area (Å²) in [4.78, 5) is 12.1. The maximum Gasteiger partial charge on any atom is 0.136 e. The van der Waals surface area contributed by atoms with Crippen molar-refractivity contribution in [3.63, 3.8) is 0 Å². The molecular formula is C19H22O3. The first kappa shape index (κ1) is 15.1. The van der Waals surface area contributed by atoms with Gasteiger partial charge in [0.25, 0.3) is 0 Å². The summed E-state index contributed by atoms with van der Waals surface area (Å²) in [6.45, 7) is 0. The lowest BCUT2D eigenvalue weighted by atomic mass is 9.63. The van der Waals surface area contributed by atoms with Crippen LogP contribution >= 0.6 is 0 Å². The van der Waals surface area contributed by atoms with Crippen LogP contribution in [0.4, 0.5) is 0 Å². The van der Waals surface area contributed by atoms with Gasteiger partial charge in [-0.3, -0.25) is 4.79 Å². The van der Waals surface area contributed by atoms with Crippen LogP contribution in [-0.2, 0) is 4.79 Å². The fourth-order valence-electron chi connectivity index (χ4n) is 3.85. The molecule has 1 N–H and O–H groups in total. The molecule has 0 spiro atoms. The third kappa shape index (κ3) is 2.89. The van der Waals surface area contributed by atoms with E-state index in [1.165, 1.54) is 0 Å². The van der Waals surface area contributed by atoms with Crippen molar-refractivity contribution in [2.24, 2.45) is 11.8 Å². The number of carbonyl (C=O) groups is 1. The lowest BCUT2D eigenvalue weighted by Gasteiger charge is -2.43. The van der Waals surface area contributed by atoms with Crippen molar-refractivity contribution in [3.8, 4) is 17.6 Å². The number of ether oxygens (including phenoxy) is 1. The number of Topliss-reactive ketones (excluding diaryl/α,β-unsaturated/α-hetero) is 1. The first-order valence-corrected chi connectivity index (χ1v) is 8.05. The van der Waals surface area contributed by atoms with Crippen LogP contribution in [0.5, 0.6) is 5.75 Å². The molecule has 116 valence electrons. The molecule has 2 saturated carbocycles. The molecule has 22 heavy (non-hydrogen) atoms. The van der Waals surface area contributed by atoms with E-state index in [1.807, 2.05) is 24.3 Å². The molecule has 0 heterocycles. The Hall–Kier alpha value is -1.79. The SMILES string of the molecule is COc1cccc(C#C[C@]2(O)CCC[C@H]3C(=O)CCC[C@@H]32)c1. The van der Waals surface area contributed by atoms with E-state index in [0.29, 0.717) is 18.6 Å². The molecule has 0 unspecified atom stereocenters. The topological polar surface area (TPSA) is 46.5 Å². The summed E-state index contributed by atoms with van der Waals surface area (Å²) in [6.07, 6.45) is 4.89. The predicted octanol–water partition coefficient (Wildman–Crippen LogP) is 2.95. The van der Waals surface area contributed by atoms with Crippen molar-refractivity contribution in [1.82, 2.24) is 0 Å². The normalized spacial score (nSPS) is 30.9. The second kappa shape index (κ2) is 6.14. The van der Waals surface area contributed by atoms with Gasteiger partial charge in [0.2, 0.25) is 0 Å². The third-order valence-electron chi connectivity index (χ3n) is 5.02. The molecule has 3 nitrogen and oxygen atoms in total. The smallest absolute Gasteiger partial charge is 0.136 e. The van der Waals surface area contributed by atoms with E-state index in [4.69, 9.17) is 4.74 Å². The largest absolute Gasteiger partial charge is 0.497 e. The number of benzene rings is 1. The van der Waals surface area contributed by atoms with Gasteiger partial charge in [0, 0.05) is 23.8 Å². The molecule has 3 atom stereocenters. The fraction of sp³-hybridized carbons (Fsp3) is 0.526. The zero-order valence-corrected chi connectivity index (χ0v) is 13.0. The van der Waals surface area contributed by atoms with E-state index in [-0.39, 0.29) is 11.8 Å². The van der Waals surface area contributed by atoms with Crippen LogP contribution < -0.4 is 4.74 Å². The van der Waals surface area contributed by atoms with Crippen molar-refractivity contribution in [1.29, 1.82) is 0 Å². The third-order valence-corrected chi connectivity index (χ3v) is 5.02. The quantitative estimate of drug-likeness (QED) is 0.811. The maximum atomic E-state index is 12.1. The van der Waals surface area contributed by atoms with Gasteiger partial charge in [0.1, 0.15) is 17.1 Å². The minimum absolute atomic E-state index is 0.000563. The summed E-state index contributed by atoms with van der Waals surface area (Å²) in [7, 11) is 1.62. The molecule has 3 heteroatoms. The van der Waals surface area contributed by atoms with Crippen LogP contribution in [-0.4, -0.2) is 23.6 Å². The summed E-state index contributed by atoms with van der Waals surface area (Å²) in [5, 5.41) is 11.0. The van der Waals surface area contributed by atoms with E-state index in [1.54, 1.807) is 7.11 Å². The number of hydrogen-bond donors (Lipinski definition) is 1. The maximum absolute atomic E-state index is 12.1. The predicted molar refractivity (Wildman–Crippen MR) is 84.5 cm³/mol. The Morgan fingerprint density at radius 1 is 1.32 bits per heavy atom. The zero-order chi connectivity index (χ0) is 15.6. The molecule has 0 bridgehead atoms. The van der Waals surface area contributed by atoms with Crippen molar-refractivity contribution in [2.45, 2.75) is 44.1 Å².